The van der Waals surface area contributed by atoms with Crippen LogP contribution in [-0.2, 0) is 0 Å². The van der Waals surface area contributed by atoms with Gasteiger partial charge in [-0.15, -0.1) is 0 Å². The van der Waals surface area contributed by atoms with Crippen LogP contribution in [0.1, 0.15) is 16.4 Å². The number of aryl methyl sites for hydroxylation is 1. The number of nitrogens with one attached hydrogen (secondary N) is 1. The number of oxazole rings is 1. The van der Waals surface area contributed by atoms with Crippen molar-refractivity contribution >= 4 is 22.7 Å². The number of rotatable bonds is 5. The topological polar surface area (TPSA) is 78.9 Å². The number of carbonyl (C=O) groups excluding carboxylic acids is 1. The number of aromatic nitrogens is 3. The fourth-order valence-corrected chi connectivity index (χ4v) is 4.03. The number of hydrogen-bond acceptors (Lipinski definition) is 6. The molecule has 1 N–H and O–H groups in total. The standard InChI is InChI=1S/C23H26N6O2/c1-16-26-19-13-17(3-5-21(19)31-16)18-4-6-22-25-14-20(29(22)15-18)23(30)24-7-8-28-11-9-27(2)10-12-28/h3-6,13-15H,7-12H2,1-2H3,(H,24,30). The Bertz CT molecular complexity index is 1240. The number of imidazole rings is 1. The summed E-state index contributed by atoms with van der Waals surface area (Å²) in [7, 11) is 2.14. The lowest BCUT2D eigenvalue weighted by Crippen LogP contribution is -2.46. The molecule has 4 heterocycles. The van der Waals surface area contributed by atoms with Crippen molar-refractivity contribution in [1.29, 1.82) is 0 Å². The number of amides is 1. The van der Waals surface area contributed by atoms with E-state index < -0.39 is 0 Å². The number of benzene rings is 1. The van der Waals surface area contributed by atoms with Gasteiger partial charge in [-0.25, -0.2) is 9.97 Å². The molecule has 0 aliphatic carbocycles. The summed E-state index contributed by atoms with van der Waals surface area (Å²) < 4.78 is 7.41. The van der Waals surface area contributed by atoms with Gasteiger partial charge in [-0.3, -0.25) is 14.1 Å². The summed E-state index contributed by atoms with van der Waals surface area (Å²) in [5, 5.41) is 3.04. The van der Waals surface area contributed by atoms with Crippen molar-refractivity contribution in [3.05, 3.63) is 54.3 Å². The number of pyridine rings is 1. The SMILES string of the molecule is Cc1nc2cc(-c3ccc4ncc(C(=O)NCCN5CCN(C)CC5)n4c3)ccc2o1. The second-order valence-electron chi connectivity index (χ2n) is 8.11. The van der Waals surface area contributed by atoms with Crippen LogP contribution in [0.25, 0.3) is 27.9 Å². The molecular weight excluding hydrogens is 392 g/mol. The zero-order chi connectivity index (χ0) is 21.4. The van der Waals surface area contributed by atoms with Crippen molar-refractivity contribution in [2.75, 3.05) is 46.3 Å². The van der Waals surface area contributed by atoms with Gasteiger partial charge in [0.05, 0.1) is 6.20 Å². The molecule has 160 valence electrons. The van der Waals surface area contributed by atoms with E-state index in [1.54, 1.807) is 6.20 Å². The van der Waals surface area contributed by atoms with E-state index in [0.29, 0.717) is 18.1 Å². The van der Waals surface area contributed by atoms with Crippen LogP contribution in [0.4, 0.5) is 0 Å². The van der Waals surface area contributed by atoms with Crippen LogP contribution in [0.15, 0.2) is 47.1 Å². The predicted molar refractivity (Wildman–Crippen MR) is 119 cm³/mol. The van der Waals surface area contributed by atoms with Crippen LogP contribution in [-0.4, -0.2) is 76.4 Å². The highest BCUT2D eigenvalue weighted by Gasteiger charge is 2.16. The smallest absolute Gasteiger partial charge is 0.269 e. The second kappa shape index (κ2) is 8.13. The van der Waals surface area contributed by atoms with Crippen molar-refractivity contribution in [2.45, 2.75) is 6.92 Å². The molecule has 31 heavy (non-hydrogen) atoms. The zero-order valence-electron chi connectivity index (χ0n) is 17.8. The highest BCUT2D eigenvalue weighted by Crippen LogP contribution is 2.25. The average Bonchev–Trinajstić information content (AvgIpc) is 3.36. The molecule has 1 fully saturated rings. The molecule has 0 radical (unpaired) electrons. The molecule has 4 aromatic rings. The number of likely N-dealkylation sites (N-methyl/N-ethyl adjacent to an activating group) is 1. The van der Waals surface area contributed by atoms with Gasteiger partial charge in [-0.05, 0) is 42.4 Å². The molecule has 0 spiro atoms. The van der Waals surface area contributed by atoms with Crippen LogP contribution < -0.4 is 5.32 Å². The van der Waals surface area contributed by atoms with Gasteiger partial charge in [0.1, 0.15) is 16.9 Å². The van der Waals surface area contributed by atoms with Crippen LogP contribution in [0, 0.1) is 6.92 Å². The van der Waals surface area contributed by atoms with E-state index in [-0.39, 0.29) is 5.91 Å². The fourth-order valence-electron chi connectivity index (χ4n) is 4.03. The first-order chi connectivity index (χ1) is 15.1. The van der Waals surface area contributed by atoms with Crippen molar-refractivity contribution in [1.82, 2.24) is 29.5 Å². The summed E-state index contributed by atoms with van der Waals surface area (Å²) in [5.41, 5.74) is 4.87. The Balaban J connectivity index is 1.32. The highest BCUT2D eigenvalue weighted by atomic mass is 16.3. The number of piperazine rings is 1. The molecule has 0 saturated carbocycles. The van der Waals surface area contributed by atoms with Crippen molar-refractivity contribution in [2.24, 2.45) is 0 Å². The third-order valence-electron chi connectivity index (χ3n) is 5.88. The Labute approximate surface area is 180 Å². The monoisotopic (exact) mass is 418 g/mol. The lowest BCUT2D eigenvalue weighted by atomic mass is 10.1. The predicted octanol–water partition coefficient (Wildman–Crippen LogP) is 2.43. The quantitative estimate of drug-likeness (QED) is 0.536. The fraction of sp³-hybridized carbons (Fsp3) is 0.348. The molecule has 0 unspecified atom stereocenters. The van der Waals surface area contributed by atoms with E-state index in [2.05, 4.69) is 32.1 Å². The Morgan fingerprint density at radius 1 is 1.13 bits per heavy atom. The Morgan fingerprint density at radius 2 is 1.94 bits per heavy atom. The van der Waals surface area contributed by atoms with Gasteiger partial charge < -0.3 is 14.6 Å². The van der Waals surface area contributed by atoms with E-state index >= 15 is 0 Å². The summed E-state index contributed by atoms with van der Waals surface area (Å²) in [6.45, 7) is 7.55. The number of hydrogen-bond donors (Lipinski definition) is 1. The van der Waals surface area contributed by atoms with Gasteiger partial charge >= 0.3 is 0 Å². The highest BCUT2D eigenvalue weighted by molar-refractivity contribution is 5.93. The van der Waals surface area contributed by atoms with Crippen molar-refractivity contribution in [3.63, 3.8) is 0 Å². The number of nitrogens with zero attached hydrogens (tertiary/aromatic N) is 5. The largest absolute Gasteiger partial charge is 0.441 e. The minimum atomic E-state index is -0.110. The maximum Gasteiger partial charge on any atom is 0.269 e. The van der Waals surface area contributed by atoms with Gasteiger partial charge in [0.2, 0.25) is 0 Å². The van der Waals surface area contributed by atoms with Crippen molar-refractivity contribution in [3.8, 4) is 11.1 Å². The minimum absolute atomic E-state index is 0.110. The normalized spacial score (nSPS) is 15.7. The van der Waals surface area contributed by atoms with Crippen LogP contribution >= 0.6 is 0 Å². The molecule has 1 aliphatic heterocycles. The third-order valence-corrected chi connectivity index (χ3v) is 5.88. The van der Waals surface area contributed by atoms with E-state index in [9.17, 15) is 4.79 Å². The molecule has 5 rings (SSSR count). The van der Waals surface area contributed by atoms with E-state index in [1.807, 2.05) is 47.9 Å². The summed E-state index contributed by atoms with van der Waals surface area (Å²) in [6, 6.07) is 9.86. The van der Waals surface area contributed by atoms with E-state index in [0.717, 1.165) is 60.6 Å². The van der Waals surface area contributed by atoms with Crippen LogP contribution in [0.3, 0.4) is 0 Å². The van der Waals surface area contributed by atoms with Crippen molar-refractivity contribution < 1.29 is 9.21 Å². The molecular formula is C23H26N6O2. The Morgan fingerprint density at radius 3 is 2.77 bits per heavy atom. The molecule has 3 aromatic heterocycles. The molecule has 1 saturated heterocycles. The van der Waals surface area contributed by atoms with Crippen LogP contribution in [0.5, 0.6) is 0 Å². The molecule has 8 nitrogen and oxygen atoms in total. The first-order valence-electron chi connectivity index (χ1n) is 10.6. The van der Waals surface area contributed by atoms with Crippen LogP contribution in [0.2, 0.25) is 0 Å². The zero-order valence-corrected chi connectivity index (χ0v) is 17.8. The average molecular weight is 419 g/mol. The number of fused-ring (bicyclic) bond motifs is 2. The van der Waals surface area contributed by atoms with E-state index in [4.69, 9.17) is 4.42 Å². The molecule has 1 amide bonds. The second-order valence-corrected chi connectivity index (χ2v) is 8.11. The van der Waals surface area contributed by atoms with Gasteiger partial charge in [0.15, 0.2) is 11.5 Å². The molecule has 0 atom stereocenters. The summed E-state index contributed by atoms with van der Waals surface area (Å²) >= 11 is 0. The Kier molecular flexibility index (Phi) is 5.17. The summed E-state index contributed by atoms with van der Waals surface area (Å²) in [4.78, 5) is 26.3. The third kappa shape index (κ3) is 4.04. The first-order valence-corrected chi connectivity index (χ1v) is 10.6. The Hall–Kier alpha value is -3.23. The summed E-state index contributed by atoms with van der Waals surface area (Å²) in [5.74, 6) is 0.536. The molecule has 1 aliphatic rings. The van der Waals surface area contributed by atoms with Gasteiger partial charge in [-0.1, -0.05) is 6.07 Å². The molecule has 0 bridgehead atoms. The number of carbonyl (C=O) groups is 1. The van der Waals surface area contributed by atoms with Gasteiger partial charge in [-0.2, -0.15) is 0 Å². The molecule has 1 aromatic carbocycles. The maximum absolute atomic E-state index is 12.8. The minimum Gasteiger partial charge on any atom is -0.441 e. The first kappa shape index (κ1) is 19.7. The molecule has 8 heteroatoms. The van der Waals surface area contributed by atoms with E-state index in [1.165, 1.54) is 0 Å². The summed E-state index contributed by atoms with van der Waals surface area (Å²) in [6.07, 6.45) is 3.58. The maximum atomic E-state index is 12.8. The lowest BCUT2D eigenvalue weighted by molar-refractivity contribution is 0.0935. The lowest BCUT2D eigenvalue weighted by Gasteiger charge is -2.32. The van der Waals surface area contributed by atoms with Gasteiger partial charge in [0.25, 0.3) is 5.91 Å². The van der Waals surface area contributed by atoms with Gasteiger partial charge in [0, 0.05) is 52.4 Å².